The van der Waals surface area contributed by atoms with Crippen LogP contribution in [0.25, 0.3) is 0 Å². The van der Waals surface area contributed by atoms with Crippen LogP contribution in [0.5, 0.6) is 0 Å². The van der Waals surface area contributed by atoms with Gasteiger partial charge in [0.1, 0.15) is 0 Å². The highest BCUT2D eigenvalue weighted by molar-refractivity contribution is 5.80. The lowest BCUT2D eigenvalue weighted by Crippen LogP contribution is -2.48. The van der Waals surface area contributed by atoms with E-state index in [0.29, 0.717) is 6.04 Å². The van der Waals surface area contributed by atoms with E-state index in [-0.39, 0.29) is 0 Å². The van der Waals surface area contributed by atoms with E-state index in [9.17, 15) is 0 Å². The Labute approximate surface area is 147 Å². The van der Waals surface area contributed by atoms with Gasteiger partial charge in [-0.1, -0.05) is 23.8 Å². The third kappa shape index (κ3) is 7.05. The lowest BCUT2D eigenvalue weighted by molar-refractivity contribution is 0.153. The molecule has 1 fully saturated rings. The van der Waals surface area contributed by atoms with Crippen LogP contribution in [0, 0.1) is 0 Å². The van der Waals surface area contributed by atoms with Crippen molar-refractivity contribution >= 4 is 5.96 Å². The molecule has 2 aliphatic rings. The van der Waals surface area contributed by atoms with Gasteiger partial charge in [-0.05, 0) is 39.5 Å². The van der Waals surface area contributed by atoms with Gasteiger partial charge < -0.3 is 15.4 Å². The highest BCUT2D eigenvalue weighted by Gasteiger charge is 2.19. The van der Waals surface area contributed by atoms with Gasteiger partial charge in [-0.25, -0.2) is 0 Å². The average molecular weight is 335 g/mol. The zero-order valence-electron chi connectivity index (χ0n) is 15.4. The molecule has 2 aliphatic heterocycles. The van der Waals surface area contributed by atoms with Gasteiger partial charge in [-0.15, -0.1) is 0 Å². The molecule has 0 aromatic rings. The topological polar surface area (TPSA) is 48.9 Å². The quantitative estimate of drug-likeness (QED) is 0.426. The maximum absolute atomic E-state index is 5.35. The van der Waals surface area contributed by atoms with Crippen molar-refractivity contribution in [1.82, 2.24) is 15.5 Å². The number of nitrogens with one attached hydrogen (secondary N) is 2. The van der Waals surface area contributed by atoms with Gasteiger partial charge in [0.15, 0.2) is 5.96 Å². The monoisotopic (exact) mass is 334 g/mol. The number of nitrogens with zero attached hydrogens (tertiary/aromatic N) is 2. The van der Waals surface area contributed by atoms with Gasteiger partial charge in [-0.2, -0.15) is 0 Å². The molecule has 24 heavy (non-hydrogen) atoms. The molecule has 0 spiro atoms. The average Bonchev–Trinajstić information content (AvgIpc) is 2.57. The van der Waals surface area contributed by atoms with Gasteiger partial charge >= 0.3 is 0 Å². The Bertz CT molecular complexity index is 450. The summed E-state index contributed by atoms with van der Waals surface area (Å²) in [5.74, 6) is 0.962. The molecular weight excluding hydrogens is 300 g/mol. The zero-order chi connectivity index (χ0) is 17.2. The van der Waals surface area contributed by atoms with E-state index < -0.39 is 0 Å². The van der Waals surface area contributed by atoms with Crippen LogP contribution < -0.4 is 10.6 Å². The molecule has 0 atom stereocenters. The normalized spacial score (nSPS) is 20.6. The van der Waals surface area contributed by atoms with E-state index in [1.807, 2.05) is 0 Å². The number of rotatable bonds is 7. The van der Waals surface area contributed by atoms with E-state index >= 15 is 0 Å². The summed E-state index contributed by atoms with van der Waals surface area (Å²) in [6.07, 6.45) is 6.63. The van der Waals surface area contributed by atoms with Crippen LogP contribution in [0.2, 0.25) is 0 Å². The number of likely N-dealkylation sites (tertiary alicyclic amines) is 1. The van der Waals surface area contributed by atoms with E-state index in [2.05, 4.69) is 42.0 Å². The summed E-state index contributed by atoms with van der Waals surface area (Å²) >= 11 is 0. The molecule has 0 unspecified atom stereocenters. The van der Waals surface area contributed by atoms with Crippen molar-refractivity contribution in [3.63, 3.8) is 0 Å². The third-order valence-electron chi connectivity index (χ3n) is 4.53. The van der Waals surface area contributed by atoms with Crippen molar-refractivity contribution in [2.45, 2.75) is 45.6 Å². The summed E-state index contributed by atoms with van der Waals surface area (Å²) in [5, 5.41) is 6.99. The maximum atomic E-state index is 5.35. The van der Waals surface area contributed by atoms with Crippen molar-refractivity contribution in [1.29, 1.82) is 0 Å². The van der Waals surface area contributed by atoms with Crippen LogP contribution in [0.4, 0.5) is 0 Å². The first kappa shape index (κ1) is 19.0. The number of guanidine groups is 1. The minimum Gasteiger partial charge on any atom is -0.377 e. The molecule has 0 amide bonds. The Morgan fingerprint density at radius 2 is 2.21 bits per heavy atom. The van der Waals surface area contributed by atoms with Gasteiger partial charge in [0.25, 0.3) is 0 Å². The summed E-state index contributed by atoms with van der Waals surface area (Å²) in [4.78, 5) is 7.24. The van der Waals surface area contributed by atoms with Gasteiger partial charge in [0.2, 0.25) is 0 Å². The first-order valence-electron chi connectivity index (χ1n) is 9.34. The fourth-order valence-corrected chi connectivity index (χ4v) is 3.23. The van der Waals surface area contributed by atoms with E-state index in [1.54, 1.807) is 0 Å². The van der Waals surface area contributed by atoms with E-state index in [1.165, 1.54) is 24.0 Å². The van der Waals surface area contributed by atoms with Gasteiger partial charge in [-0.3, -0.25) is 9.89 Å². The van der Waals surface area contributed by atoms with E-state index in [4.69, 9.17) is 9.73 Å². The smallest absolute Gasteiger partial charge is 0.191 e. The molecular formula is C19H34N4O. The summed E-state index contributed by atoms with van der Waals surface area (Å²) in [5.41, 5.74) is 2.73. The molecule has 1 saturated heterocycles. The number of aliphatic imine (C=N–C) groups is 1. The predicted octanol–water partition coefficient (Wildman–Crippen LogP) is 2.32. The Balaban J connectivity index is 1.75. The highest BCUT2D eigenvalue weighted by Crippen LogP contribution is 2.13. The Morgan fingerprint density at radius 1 is 1.42 bits per heavy atom. The fourth-order valence-electron chi connectivity index (χ4n) is 3.23. The van der Waals surface area contributed by atoms with Crippen LogP contribution in [-0.2, 0) is 4.74 Å². The van der Waals surface area contributed by atoms with Crippen molar-refractivity contribution in [2.24, 2.45) is 4.99 Å². The molecule has 2 heterocycles. The van der Waals surface area contributed by atoms with Crippen LogP contribution in [-0.4, -0.2) is 62.8 Å². The van der Waals surface area contributed by atoms with E-state index in [0.717, 1.165) is 64.7 Å². The number of hydrogen-bond acceptors (Lipinski definition) is 3. The molecule has 0 radical (unpaired) electrons. The molecule has 0 saturated carbocycles. The maximum Gasteiger partial charge on any atom is 0.191 e. The first-order chi connectivity index (χ1) is 11.7. The second kappa shape index (κ2) is 10.5. The number of ether oxygens (including phenoxy) is 1. The standard InChI is InChI=1S/C19H34N4O/c1-4-20-19(21-10-5-17-8-13-24-14-9-17)22-18-6-11-23(12-7-18)15-16(2)3/h8,18H,2,4-7,9-15H2,1,3H3,(H2,20,21,22). The van der Waals surface area contributed by atoms with Gasteiger partial charge in [0, 0.05) is 38.8 Å². The third-order valence-corrected chi connectivity index (χ3v) is 4.53. The Morgan fingerprint density at radius 3 is 2.83 bits per heavy atom. The summed E-state index contributed by atoms with van der Waals surface area (Å²) < 4.78 is 5.35. The van der Waals surface area contributed by atoms with Crippen molar-refractivity contribution in [2.75, 3.05) is 45.9 Å². The lowest BCUT2D eigenvalue weighted by atomic mass is 10.0. The molecule has 2 rings (SSSR count). The predicted molar refractivity (Wildman–Crippen MR) is 102 cm³/mol. The second-order valence-corrected chi connectivity index (χ2v) is 6.85. The SMILES string of the molecule is C=C(C)CN1CCC(NC(=NCCC2=CCOCC2)NCC)CC1. The van der Waals surface area contributed by atoms with Crippen LogP contribution in [0.15, 0.2) is 28.8 Å². The van der Waals surface area contributed by atoms with Crippen LogP contribution >= 0.6 is 0 Å². The van der Waals surface area contributed by atoms with Crippen molar-refractivity contribution in [3.8, 4) is 0 Å². The minimum atomic E-state index is 0.520. The number of piperidine rings is 1. The molecule has 0 aromatic carbocycles. The van der Waals surface area contributed by atoms with Crippen LogP contribution in [0.3, 0.4) is 0 Å². The molecule has 0 bridgehead atoms. The molecule has 0 aromatic heterocycles. The minimum absolute atomic E-state index is 0.520. The summed E-state index contributed by atoms with van der Waals surface area (Å²) in [6.45, 7) is 14.9. The highest BCUT2D eigenvalue weighted by atomic mass is 16.5. The second-order valence-electron chi connectivity index (χ2n) is 6.85. The summed E-state index contributed by atoms with van der Waals surface area (Å²) in [6, 6.07) is 0.520. The lowest BCUT2D eigenvalue weighted by Gasteiger charge is -2.33. The molecule has 136 valence electrons. The van der Waals surface area contributed by atoms with Crippen molar-refractivity contribution < 1.29 is 4.74 Å². The fraction of sp³-hybridized carbons (Fsp3) is 0.737. The molecule has 0 aliphatic carbocycles. The first-order valence-corrected chi connectivity index (χ1v) is 9.34. The van der Waals surface area contributed by atoms with Crippen molar-refractivity contribution in [3.05, 3.63) is 23.8 Å². The summed E-state index contributed by atoms with van der Waals surface area (Å²) in [7, 11) is 0. The molecule has 5 nitrogen and oxygen atoms in total. The van der Waals surface area contributed by atoms with Crippen LogP contribution in [0.1, 0.15) is 39.5 Å². The Kier molecular flexibility index (Phi) is 8.33. The number of hydrogen-bond donors (Lipinski definition) is 2. The zero-order valence-corrected chi connectivity index (χ0v) is 15.4. The van der Waals surface area contributed by atoms with Gasteiger partial charge in [0.05, 0.1) is 13.2 Å². The Hall–Kier alpha value is -1.33. The largest absolute Gasteiger partial charge is 0.377 e. The molecule has 2 N–H and O–H groups in total. The molecule has 5 heteroatoms.